The number of nitrogens with zero attached hydrogens (tertiary/aromatic N) is 4. The van der Waals surface area contributed by atoms with E-state index < -0.39 is 0 Å². The molecule has 32 heavy (non-hydrogen) atoms. The topological polar surface area (TPSA) is 74.0 Å². The molecule has 0 spiro atoms. The Morgan fingerprint density at radius 1 is 1.00 bits per heavy atom. The summed E-state index contributed by atoms with van der Waals surface area (Å²) in [6.07, 6.45) is 5.37. The highest BCUT2D eigenvalue weighted by molar-refractivity contribution is 6.02. The first-order chi connectivity index (χ1) is 15.4. The van der Waals surface area contributed by atoms with Gasteiger partial charge in [-0.15, -0.1) is 0 Å². The van der Waals surface area contributed by atoms with E-state index in [2.05, 4.69) is 48.4 Å². The first-order valence-corrected chi connectivity index (χ1v) is 10.5. The van der Waals surface area contributed by atoms with Gasteiger partial charge in [-0.2, -0.15) is 10.2 Å². The number of hydrogen-bond donors (Lipinski definition) is 1. The molecule has 7 heteroatoms. The second-order valence-electron chi connectivity index (χ2n) is 8.65. The Morgan fingerprint density at radius 3 is 2.53 bits per heavy atom. The third-order valence-corrected chi connectivity index (χ3v) is 5.05. The minimum Gasteiger partial charge on any atom is -0.471 e. The molecule has 4 rings (SSSR count). The van der Waals surface area contributed by atoms with E-state index >= 15 is 0 Å². The Hall–Kier alpha value is -3.87. The summed E-state index contributed by atoms with van der Waals surface area (Å²) in [4.78, 5) is 12.6. The zero-order chi connectivity index (χ0) is 22.6. The van der Waals surface area contributed by atoms with Crippen LogP contribution >= 0.6 is 0 Å². The van der Waals surface area contributed by atoms with Gasteiger partial charge in [0.25, 0.3) is 5.91 Å². The van der Waals surface area contributed by atoms with Gasteiger partial charge in [0, 0.05) is 24.3 Å². The molecule has 0 atom stereocenters. The third kappa shape index (κ3) is 5.43. The van der Waals surface area contributed by atoms with Crippen LogP contribution in [0.1, 0.15) is 42.4 Å². The molecule has 164 valence electrons. The van der Waals surface area contributed by atoms with Crippen LogP contribution in [0.2, 0.25) is 0 Å². The molecular weight excluding hydrogens is 402 g/mol. The third-order valence-electron chi connectivity index (χ3n) is 5.05. The van der Waals surface area contributed by atoms with Gasteiger partial charge in [-0.1, -0.05) is 45.0 Å². The predicted molar refractivity (Wildman–Crippen MR) is 124 cm³/mol. The number of hydrogen-bond acceptors (Lipinski definition) is 4. The molecule has 1 amide bonds. The normalized spacial score (nSPS) is 11.3. The maximum atomic E-state index is 12.6. The summed E-state index contributed by atoms with van der Waals surface area (Å²) in [5.74, 6) is 0.489. The van der Waals surface area contributed by atoms with Crippen molar-refractivity contribution in [1.82, 2.24) is 19.6 Å². The Morgan fingerprint density at radius 2 is 1.81 bits per heavy atom. The zero-order valence-corrected chi connectivity index (χ0v) is 18.5. The number of amides is 1. The van der Waals surface area contributed by atoms with Crippen molar-refractivity contribution in [1.29, 1.82) is 0 Å². The minimum atomic E-state index is -0.269. The Labute approximate surface area is 187 Å². The van der Waals surface area contributed by atoms with Gasteiger partial charge in [0.15, 0.2) is 12.4 Å². The van der Waals surface area contributed by atoms with Crippen molar-refractivity contribution in [3.05, 3.63) is 96.1 Å². The number of carbonyl (C=O) groups is 1. The van der Waals surface area contributed by atoms with Crippen LogP contribution in [0.3, 0.4) is 0 Å². The van der Waals surface area contributed by atoms with Crippen LogP contribution < -0.4 is 10.1 Å². The second kappa shape index (κ2) is 9.09. The first kappa shape index (κ1) is 21.4. The Balaban J connectivity index is 1.34. The summed E-state index contributed by atoms with van der Waals surface area (Å²) in [7, 11) is 0. The summed E-state index contributed by atoms with van der Waals surface area (Å²) < 4.78 is 9.23. The lowest BCUT2D eigenvalue weighted by Gasteiger charge is -2.19. The molecule has 2 aromatic heterocycles. The van der Waals surface area contributed by atoms with Gasteiger partial charge >= 0.3 is 0 Å². The standard InChI is InChI=1S/C25H27N5O2/c1-25(2,3)20-8-10-22(11-9-20)32-18-30-15-12-23(28-30)24(31)27-21-7-4-6-19(16-21)17-29-14-5-13-26-29/h4-16H,17-18H2,1-3H3,(H,27,31). The van der Waals surface area contributed by atoms with E-state index in [9.17, 15) is 4.79 Å². The van der Waals surface area contributed by atoms with Crippen molar-refractivity contribution in [2.45, 2.75) is 39.5 Å². The Bertz CT molecular complexity index is 1170. The summed E-state index contributed by atoms with van der Waals surface area (Å²) in [6.45, 7) is 7.39. The van der Waals surface area contributed by atoms with Crippen LogP contribution in [0.15, 0.2) is 79.3 Å². The average Bonchev–Trinajstić information content (AvgIpc) is 3.44. The van der Waals surface area contributed by atoms with Gasteiger partial charge in [0.1, 0.15) is 5.75 Å². The molecule has 0 bridgehead atoms. The molecule has 0 saturated heterocycles. The second-order valence-corrected chi connectivity index (χ2v) is 8.65. The molecule has 0 aliphatic heterocycles. The quantitative estimate of drug-likeness (QED) is 0.462. The highest BCUT2D eigenvalue weighted by atomic mass is 16.5. The van der Waals surface area contributed by atoms with Crippen LogP contribution in [-0.2, 0) is 18.7 Å². The van der Waals surface area contributed by atoms with Crippen molar-refractivity contribution in [2.24, 2.45) is 0 Å². The SMILES string of the molecule is CC(C)(C)c1ccc(OCn2ccc(C(=O)Nc3cccc(Cn4cccn4)c3)n2)cc1. The molecule has 7 nitrogen and oxygen atoms in total. The average molecular weight is 430 g/mol. The molecule has 0 fully saturated rings. The van der Waals surface area contributed by atoms with Crippen molar-refractivity contribution >= 4 is 11.6 Å². The lowest BCUT2D eigenvalue weighted by atomic mass is 9.87. The van der Waals surface area contributed by atoms with Crippen molar-refractivity contribution in [3.8, 4) is 5.75 Å². The van der Waals surface area contributed by atoms with Gasteiger partial charge in [0.05, 0.1) is 6.54 Å². The van der Waals surface area contributed by atoms with Crippen molar-refractivity contribution in [3.63, 3.8) is 0 Å². The largest absolute Gasteiger partial charge is 0.471 e. The number of carbonyl (C=O) groups excluding carboxylic acids is 1. The molecular formula is C25H27N5O2. The van der Waals surface area contributed by atoms with Gasteiger partial charge in [-0.25, -0.2) is 4.68 Å². The highest BCUT2D eigenvalue weighted by Gasteiger charge is 2.13. The molecule has 0 unspecified atom stereocenters. The van der Waals surface area contributed by atoms with Gasteiger partial charge in [0.2, 0.25) is 0 Å². The van der Waals surface area contributed by atoms with Crippen molar-refractivity contribution < 1.29 is 9.53 Å². The van der Waals surface area contributed by atoms with Crippen LogP contribution in [0.25, 0.3) is 0 Å². The molecule has 2 heterocycles. The first-order valence-electron chi connectivity index (χ1n) is 10.5. The van der Waals surface area contributed by atoms with E-state index in [-0.39, 0.29) is 18.1 Å². The van der Waals surface area contributed by atoms with E-state index in [1.807, 2.05) is 53.3 Å². The van der Waals surface area contributed by atoms with E-state index in [0.717, 1.165) is 11.3 Å². The number of aromatic nitrogens is 4. The summed E-state index contributed by atoms with van der Waals surface area (Å²) in [5.41, 5.74) is 3.43. The fourth-order valence-corrected chi connectivity index (χ4v) is 3.27. The summed E-state index contributed by atoms with van der Waals surface area (Å²) in [5, 5.41) is 11.4. The lowest BCUT2D eigenvalue weighted by molar-refractivity contribution is 0.102. The fourth-order valence-electron chi connectivity index (χ4n) is 3.27. The van der Waals surface area contributed by atoms with Crippen LogP contribution in [0, 0.1) is 0 Å². The number of benzene rings is 2. The van der Waals surface area contributed by atoms with E-state index in [4.69, 9.17) is 4.74 Å². The zero-order valence-electron chi connectivity index (χ0n) is 18.5. The molecule has 2 aromatic carbocycles. The number of ether oxygens (including phenoxy) is 1. The fraction of sp³-hybridized carbons (Fsp3) is 0.240. The van der Waals surface area contributed by atoms with E-state index in [1.165, 1.54) is 5.56 Å². The molecule has 0 radical (unpaired) electrons. The molecule has 0 saturated carbocycles. The van der Waals surface area contributed by atoms with Gasteiger partial charge in [-0.3, -0.25) is 9.48 Å². The van der Waals surface area contributed by atoms with Gasteiger partial charge < -0.3 is 10.1 Å². The number of rotatable bonds is 7. The van der Waals surface area contributed by atoms with E-state index in [1.54, 1.807) is 23.1 Å². The summed E-state index contributed by atoms with van der Waals surface area (Å²) >= 11 is 0. The van der Waals surface area contributed by atoms with Crippen molar-refractivity contribution in [2.75, 3.05) is 5.32 Å². The minimum absolute atomic E-state index is 0.0987. The van der Waals surface area contributed by atoms with Crippen LogP contribution in [0.5, 0.6) is 5.75 Å². The molecule has 0 aliphatic carbocycles. The Kier molecular flexibility index (Phi) is 6.07. The monoisotopic (exact) mass is 429 g/mol. The van der Waals surface area contributed by atoms with Crippen LogP contribution in [0.4, 0.5) is 5.69 Å². The predicted octanol–water partition coefficient (Wildman–Crippen LogP) is 4.71. The number of anilines is 1. The molecule has 1 N–H and O–H groups in total. The number of nitrogens with one attached hydrogen (secondary N) is 1. The maximum Gasteiger partial charge on any atom is 0.276 e. The summed E-state index contributed by atoms with van der Waals surface area (Å²) in [6, 6.07) is 19.3. The maximum absolute atomic E-state index is 12.6. The van der Waals surface area contributed by atoms with Gasteiger partial charge in [-0.05, 0) is 52.9 Å². The molecule has 4 aromatic rings. The van der Waals surface area contributed by atoms with E-state index in [0.29, 0.717) is 17.9 Å². The van der Waals surface area contributed by atoms with Crippen LogP contribution in [-0.4, -0.2) is 25.5 Å². The highest BCUT2D eigenvalue weighted by Crippen LogP contribution is 2.24. The lowest BCUT2D eigenvalue weighted by Crippen LogP contribution is -2.14. The molecule has 0 aliphatic rings. The smallest absolute Gasteiger partial charge is 0.276 e.